The summed E-state index contributed by atoms with van der Waals surface area (Å²) < 4.78 is 4.82. The van der Waals surface area contributed by atoms with E-state index >= 15 is 0 Å². The molecule has 0 aliphatic rings. The van der Waals surface area contributed by atoms with E-state index in [1.165, 1.54) is 11.3 Å². The average Bonchev–Trinajstić information content (AvgIpc) is 3.04. The molecule has 2 amide bonds. The van der Waals surface area contributed by atoms with Gasteiger partial charge >= 0.3 is 5.97 Å². The lowest BCUT2D eigenvalue weighted by Gasteiger charge is -2.08. The zero-order valence-electron chi connectivity index (χ0n) is 14.3. The predicted molar refractivity (Wildman–Crippen MR) is 96.9 cm³/mol. The normalized spacial score (nSPS) is 9.88. The molecule has 0 saturated carbocycles. The van der Waals surface area contributed by atoms with Crippen LogP contribution in [0.3, 0.4) is 0 Å². The molecule has 0 unspecified atom stereocenters. The zero-order valence-corrected chi connectivity index (χ0v) is 15.1. The highest BCUT2D eigenvalue weighted by molar-refractivity contribution is 7.14. The van der Waals surface area contributed by atoms with E-state index in [1.54, 1.807) is 23.6 Å². The summed E-state index contributed by atoms with van der Waals surface area (Å²) in [5.74, 6) is -1.68. The van der Waals surface area contributed by atoms with Crippen LogP contribution in [0.15, 0.2) is 29.6 Å². The number of esters is 1. The number of anilines is 1. The van der Waals surface area contributed by atoms with E-state index in [0.717, 1.165) is 11.1 Å². The van der Waals surface area contributed by atoms with E-state index < -0.39 is 24.4 Å². The molecular weight excluding hydrogens is 354 g/mol. The first kappa shape index (κ1) is 19.1. The molecule has 0 aliphatic heterocycles. The molecule has 8 heteroatoms. The maximum Gasteiger partial charge on any atom is 0.325 e. The number of nitriles is 1. The quantitative estimate of drug-likeness (QED) is 0.757. The average molecular weight is 371 g/mol. The van der Waals surface area contributed by atoms with Crippen LogP contribution < -0.4 is 10.6 Å². The fraction of sp³-hybridized carbons (Fsp3) is 0.222. The van der Waals surface area contributed by atoms with Crippen molar-refractivity contribution in [3.8, 4) is 6.07 Å². The summed E-state index contributed by atoms with van der Waals surface area (Å²) in [4.78, 5) is 35.5. The number of hydrogen-bond donors (Lipinski definition) is 2. The maximum absolute atomic E-state index is 12.0. The first-order chi connectivity index (χ1) is 12.4. The van der Waals surface area contributed by atoms with Gasteiger partial charge in [0.25, 0.3) is 11.8 Å². The summed E-state index contributed by atoms with van der Waals surface area (Å²) >= 11 is 1.20. The maximum atomic E-state index is 12.0. The number of rotatable bonds is 6. The summed E-state index contributed by atoms with van der Waals surface area (Å²) in [5.41, 5.74) is 2.68. The number of carbonyl (C=O) groups excluding carboxylic acids is 3. The Labute approximate surface area is 154 Å². The highest BCUT2D eigenvalue weighted by Gasteiger charge is 2.13. The predicted octanol–water partition coefficient (Wildman–Crippen LogP) is 2.15. The van der Waals surface area contributed by atoms with Gasteiger partial charge in [-0.25, -0.2) is 0 Å². The second-order valence-electron chi connectivity index (χ2n) is 5.54. The second kappa shape index (κ2) is 8.78. The summed E-state index contributed by atoms with van der Waals surface area (Å²) in [5, 5.41) is 15.9. The molecule has 0 fully saturated rings. The number of amides is 2. The van der Waals surface area contributed by atoms with Crippen LogP contribution in [0.2, 0.25) is 0 Å². The Morgan fingerprint density at radius 1 is 1.19 bits per heavy atom. The van der Waals surface area contributed by atoms with Gasteiger partial charge in [0.1, 0.15) is 17.6 Å². The molecule has 0 spiro atoms. The molecule has 7 nitrogen and oxygen atoms in total. The third-order valence-corrected chi connectivity index (χ3v) is 4.11. The van der Waals surface area contributed by atoms with Crippen LogP contribution in [0.25, 0.3) is 0 Å². The molecule has 0 radical (unpaired) electrons. The van der Waals surface area contributed by atoms with Crippen LogP contribution in [-0.2, 0) is 14.3 Å². The molecule has 2 aromatic rings. The molecule has 134 valence electrons. The molecule has 2 rings (SSSR count). The Balaban J connectivity index is 1.77. The van der Waals surface area contributed by atoms with E-state index in [1.807, 2.05) is 26.0 Å². The van der Waals surface area contributed by atoms with Crippen LogP contribution in [0, 0.1) is 25.2 Å². The lowest BCUT2D eigenvalue weighted by Crippen LogP contribution is -2.32. The number of hydrogen-bond acceptors (Lipinski definition) is 6. The van der Waals surface area contributed by atoms with Crippen LogP contribution >= 0.6 is 11.3 Å². The third-order valence-electron chi connectivity index (χ3n) is 3.28. The van der Waals surface area contributed by atoms with E-state index in [2.05, 4.69) is 10.6 Å². The van der Waals surface area contributed by atoms with Crippen molar-refractivity contribution in [1.82, 2.24) is 5.32 Å². The highest BCUT2D eigenvalue weighted by Crippen LogP contribution is 2.21. The van der Waals surface area contributed by atoms with Crippen molar-refractivity contribution in [3.05, 3.63) is 51.9 Å². The SMILES string of the molecule is Cc1cc(C)cc(C(=O)NCC(=O)OCC(=O)Nc2sccc2C#N)c1. The number of benzene rings is 1. The number of nitrogens with zero attached hydrogens (tertiary/aromatic N) is 1. The first-order valence-electron chi connectivity index (χ1n) is 7.68. The van der Waals surface area contributed by atoms with Crippen molar-refractivity contribution in [1.29, 1.82) is 5.26 Å². The van der Waals surface area contributed by atoms with Crippen molar-refractivity contribution in [2.75, 3.05) is 18.5 Å². The Morgan fingerprint density at radius 3 is 2.54 bits per heavy atom. The number of nitrogens with one attached hydrogen (secondary N) is 2. The number of aryl methyl sites for hydroxylation is 2. The van der Waals surface area contributed by atoms with Crippen LogP contribution in [0.5, 0.6) is 0 Å². The minimum absolute atomic E-state index is 0.343. The van der Waals surface area contributed by atoms with Crippen LogP contribution in [0.1, 0.15) is 27.0 Å². The Hall–Kier alpha value is -3.18. The summed E-state index contributed by atoms with van der Waals surface area (Å²) in [6.07, 6.45) is 0. The van der Waals surface area contributed by atoms with Crippen molar-refractivity contribution in [2.45, 2.75) is 13.8 Å². The largest absolute Gasteiger partial charge is 0.454 e. The molecule has 1 heterocycles. The fourth-order valence-corrected chi connectivity index (χ4v) is 2.97. The van der Waals surface area contributed by atoms with Crippen molar-refractivity contribution in [3.63, 3.8) is 0 Å². The molecule has 0 saturated heterocycles. The number of thiophene rings is 1. The molecule has 1 aromatic heterocycles. The van der Waals surface area contributed by atoms with Gasteiger partial charge in [0.15, 0.2) is 6.61 Å². The van der Waals surface area contributed by atoms with Gasteiger partial charge < -0.3 is 15.4 Å². The Kier molecular flexibility index (Phi) is 6.47. The van der Waals surface area contributed by atoms with E-state index in [4.69, 9.17) is 10.00 Å². The van der Waals surface area contributed by atoms with Gasteiger partial charge in [0.05, 0.1) is 5.56 Å². The summed E-state index contributed by atoms with van der Waals surface area (Å²) in [6, 6.07) is 8.89. The van der Waals surface area contributed by atoms with Gasteiger partial charge in [-0.05, 0) is 37.4 Å². The lowest BCUT2D eigenvalue weighted by atomic mass is 10.1. The Bertz CT molecular complexity index is 863. The van der Waals surface area contributed by atoms with Gasteiger partial charge in [-0.3, -0.25) is 14.4 Å². The van der Waals surface area contributed by atoms with Crippen molar-refractivity contribution >= 4 is 34.1 Å². The molecular formula is C18H17N3O4S. The number of ether oxygens (including phenoxy) is 1. The molecule has 2 N–H and O–H groups in total. The highest BCUT2D eigenvalue weighted by atomic mass is 32.1. The van der Waals surface area contributed by atoms with Crippen LogP contribution in [0.4, 0.5) is 5.00 Å². The van der Waals surface area contributed by atoms with Crippen molar-refractivity contribution < 1.29 is 19.1 Å². The fourth-order valence-electron chi connectivity index (χ4n) is 2.21. The third kappa shape index (κ3) is 5.43. The van der Waals surface area contributed by atoms with Gasteiger partial charge in [-0.1, -0.05) is 17.2 Å². The summed E-state index contributed by atoms with van der Waals surface area (Å²) in [6.45, 7) is 2.91. The minimum Gasteiger partial charge on any atom is -0.454 e. The second-order valence-corrected chi connectivity index (χ2v) is 6.46. The first-order valence-corrected chi connectivity index (χ1v) is 8.56. The monoisotopic (exact) mass is 371 g/mol. The van der Waals surface area contributed by atoms with Gasteiger partial charge in [-0.2, -0.15) is 5.26 Å². The summed E-state index contributed by atoms with van der Waals surface area (Å²) in [7, 11) is 0. The van der Waals surface area contributed by atoms with Gasteiger partial charge in [0, 0.05) is 5.56 Å². The molecule has 0 bridgehead atoms. The van der Waals surface area contributed by atoms with Gasteiger partial charge in [0.2, 0.25) is 0 Å². The Morgan fingerprint density at radius 2 is 1.88 bits per heavy atom. The number of carbonyl (C=O) groups is 3. The van der Waals surface area contributed by atoms with Crippen molar-refractivity contribution in [2.24, 2.45) is 0 Å². The van der Waals surface area contributed by atoms with E-state index in [9.17, 15) is 14.4 Å². The van der Waals surface area contributed by atoms with Crippen LogP contribution in [-0.4, -0.2) is 30.9 Å². The topological polar surface area (TPSA) is 108 Å². The standard InChI is InChI=1S/C18H17N3O4S/c1-11-5-12(2)7-14(6-11)17(24)20-9-16(23)25-10-15(22)21-18-13(8-19)3-4-26-18/h3-7H,9-10H2,1-2H3,(H,20,24)(H,21,22). The van der Waals surface area contributed by atoms with Gasteiger partial charge in [-0.15, -0.1) is 11.3 Å². The molecule has 0 aliphatic carbocycles. The van der Waals surface area contributed by atoms with E-state index in [0.29, 0.717) is 16.1 Å². The van der Waals surface area contributed by atoms with E-state index in [-0.39, 0.29) is 6.54 Å². The molecule has 0 atom stereocenters. The zero-order chi connectivity index (χ0) is 19.1. The lowest BCUT2D eigenvalue weighted by molar-refractivity contribution is -0.146. The minimum atomic E-state index is -0.732. The molecule has 1 aromatic carbocycles. The molecule has 26 heavy (non-hydrogen) atoms. The smallest absolute Gasteiger partial charge is 0.325 e.